The van der Waals surface area contributed by atoms with E-state index in [0.717, 1.165) is 4.88 Å². The van der Waals surface area contributed by atoms with E-state index < -0.39 is 11.7 Å². The second-order valence-electron chi connectivity index (χ2n) is 5.60. The highest BCUT2D eigenvalue weighted by molar-refractivity contribution is 7.13. The van der Waals surface area contributed by atoms with Gasteiger partial charge in [0.1, 0.15) is 0 Å². The first-order valence-corrected chi connectivity index (χ1v) is 8.81. The van der Waals surface area contributed by atoms with Gasteiger partial charge < -0.3 is 9.72 Å². The number of thiophene rings is 1. The normalized spacial score (nSPS) is 10.9. The minimum absolute atomic E-state index is 0.242. The Morgan fingerprint density at radius 3 is 2.81 bits per heavy atom. The molecule has 8 nitrogen and oxygen atoms in total. The third-order valence-electron chi connectivity index (χ3n) is 3.93. The number of Topliss-reactive ketones (excluding diaryl/α,β-unsaturated/α-hetero) is 1. The third-order valence-corrected chi connectivity index (χ3v) is 4.79. The van der Waals surface area contributed by atoms with Crippen LogP contribution in [0.4, 0.5) is 0 Å². The summed E-state index contributed by atoms with van der Waals surface area (Å²) >= 11 is 1.38. The summed E-state index contributed by atoms with van der Waals surface area (Å²) < 4.78 is 10.9. The van der Waals surface area contributed by atoms with E-state index in [-0.39, 0.29) is 24.6 Å². The molecule has 0 amide bonds. The Hall–Kier alpha value is -2.94. The van der Waals surface area contributed by atoms with E-state index >= 15 is 0 Å². The lowest BCUT2D eigenvalue weighted by Crippen LogP contribution is -2.22. The van der Waals surface area contributed by atoms with Crippen molar-refractivity contribution >= 4 is 23.1 Å². The number of hydrogen-bond donors (Lipinski definition) is 1. The third kappa shape index (κ3) is 3.13. The first-order valence-electron chi connectivity index (χ1n) is 7.93. The lowest BCUT2D eigenvalue weighted by molar-refractivity contribution is 0.0525. The molecule has 0 spiro atoms. The van der Waals surface area contributed by atoms with Crippen molar-refractivity contribution in [3.8, 4) is 10.7 Å². The van der Waals surface area contributed by atoms with Gasteiger partial charge in [-0.1, -0.05) is 11.2 Å². The highest BCUT2D eigenvalue weighted by Gasteiger charge is 2.24. The van der Waals surface area contributed by atoms with Crippen LogP contribution in [-0.4, -0.2) is 33.1 Å². The largest absolute Gasteiger partial charge is 0.462 e. The van der Waals surface area contributed by atoms with Gasteiger partial charge in [0.15, 0.2) is 11.6 Å². The molecule has 0 radical (unpaired) electrons. The van der Waals surface area contributed by atoms with Crippen LogP contribution in [0, 0.1) is 13.8 Å². The lowest BCUT2D eigenvalue weighted by atomic mass is 10.1. The first-order chi connectivity index (χ1) is 12.4. The van der Waals surface area contributed by atoms with Crippen molar-refractivity contribution in [2.75, 3.05) is 6.61 Å². The quantitative estimate of drug-likeness (QED) is 0.524. The Kier molecular flexibility index (Phi) is 4.90. The van der Waals surface area contributed by atoms with Gasteiger partial charge in [0.05, 0.1) is 29.3 Å². The van der Waals surface area contributed by atoms with Gasteiger partial charge in [0.25, 0.3) is 0 Å². The monoisotopic (exact) mass is 375 g/mol. The van der Waals surface area contributed by atoms with Crippen molar-refractivity contribution in [1.82, 2.24) is 14.7 Å². The van der Waals surface area contributed by atoms with Crippen LogP contribution in [0.1, 0.15) is 39.0 Å². The lowest BCUT2D eigenvalue weighted by Gasteiger charge is -2.04. The smallest absolute Gasteiger partial charge is 0.442 e. The number of esters is 1. The van der Waals surface area contributed by atoms with Crippen LogP contribution in [0.5, 0.6) is 0 Å². The maximum Gasteiger partial charge on any atom is 0.442 e. The summed E-state index contributed by atoms with van der Waals surface area (Å²) in [7, 11) is 0. The van der Waals surface area contributed by atoms with Gasteiger partial charge in [-0.05, 0) is 37.8 Å². The number of carbonyl (C=O) groups excluding carboxylic acids is 2. The molecule has 0 fully saturated rings. The van der Waals surface area contributed by atoms with Crippen molar-refractivity contribution in [2.24, 2.45) is 0 Å². The van der Waals surface area contributed by atoms with E-state index in [1.807, 2.05) is 11.4 Å². The van der Waals surface area contributed by atoms with Crippen molar-refractivity contribution in [3.05, 3.63) is 50.6 Å². The summed E-state index contributed by atoms with van der Waals surface area (Å²) in [6, 6.07) is 3.60. The molecule has 3 rings (SSSR count). The molecule has 3 heterocycles. The standard InChI is InChI=1S/C17H17N3O5S/c1-4-24-16(22)13-9(2)14(18-10(13)3)11(21)8-20-15(19-25-17(20)23)12-6-5-7-26-12/h5-7,18H,4,8H2,1-3H3. The summed E-state index contributed by atoms with van der Waals surface area (Å²) in [5.74, 6) is -1.26. The van der Waals surface area contributed by atoms with Gasteiger partial charge in [-0.2, -0.15) is 0 Å². The van der Waals surface area contributed by atoms with Gasteiger partial charge in [0, 0.05) is 5.69 Å². The van der Waals surface area contributed by atoms with Gasteiger partial charge >= 0.3 is 11.7 Å². The molecule has 0 saturated carbocycles. The summed E-state index contributed by atoms with van der Waals surface area (Å²) in [4.78, 5) is 40.4. The maximum atomic E-state index is 12.7. The van der Waals surface area contributed by atoms with E-state index in [0.29, 0.717) is 22.6 Å². The molecule has 0 aromatic carbocycles. The van der Waals surface area contributed by atoms with Gasteiger partial charge in [-0.15, -0.1) is 11.3 Å². The zero-order valence-electron chi connectivity index (χ0n) is 14.5. The molecule has 0 aliphatic rings. The molecule has 1 N–H and O–H groups in total. The van der Waals surface area contributed by atoms with Crippen molar-refractivity contribution < 1.29 is 18.8 Å². The second-order valence-corrected chi connectivity index (χ2v) is 6.55. The average Bonchev–Trinajstić information content (AvgIpc) is 3.29. The number of aromatic amines is 1. The molecule has 0 saturated heterocycles. The highest BCUT2D eigenvalue weighted by atomic mass is 32.1. The number of rotatable bonds is 6. The van der Waals surface area contributed by atoms with E-state index in [4.69, 9.17) is 9.26 Å². The van der Waals surface area contributed by atoms with Crippen LogP contribution < -0.4 is 5.76 Å². The average molecular weight is 375 g/mol. The number of aryl methyl sites for hydroxylation is 1. The molecule has 0 bridgehead atoms. The number of H-pyrrole nitrogens is 1. The zero-order chi connectivity index (χ0) is 18.8. The number of ketones is 1. The fraction of sp³-hybridized carbons (Fsp3) is 0.294. The molecule has 0 atom stereocenters. The summed E-state index contributed by atoms with van der Waals surface area (Å²) in [5, 5.41) is 5.59. The van der Waals surface area contributed by atoms with Crippen LogP contribution in [0.3, 0.4) is 0 Å². The van der Waals surface area contributed by atoms with Gasteiger partial charge in [0.2, 0.25) is 0 Å². The number of nitrogens with zero attached hydrogens (tertiary/aromatic N) is 2. The van der Waals surface area contributed by atoms with Crippen molar-refractivity contribution in [2.45, 2.75) is 27.3 Å². The highest BCUT2D eigenvalue weighted by Crippen LogP contribution is 2.23. The molecule has 136 valence electrons. The summed E-state index contributed by atoms with van der Waals surface area (Å²) in [5.41, 5.74) is 1.63. The molecule has 3 aromatic heterocycles. The molecular weight excluding hydrogens is 358 g/mol. The SMILES string of the molecule is CCOC(=O)c1c(C)[nH]c(C(=O)Cn2c(-c3cccs3)noc2=O)c1C. The number of carbonyl (C=O) groups is 2. The Bertz CT molecular complexity index is 1010. The molecule has 0 aliphatic heterocycles. The van der Waals surface area contributed by atoms with Crippen molar-refractivity contribution in [1.29, 1.82) is 0 Å². The summed E-state index contributed by atoms with van der Waals surface area (Å²) in [6.07, 6.45) is 0. The Labute approximate surface area is 152 Å². The van der Waals surface area contributed by atoms with Crippen molar-refractivity contribution in [3.63, 3.8) is 0 Å². The Balaban J connectivity index is 1.93. The van der Waals surface area contributed by atoms with E-state index in [1.165, 1.54) is 15.9 Å². The minimum Gasteiger partial charge on any atom is -0.462 e. The van der Waals surface area contributed by atoms with Crippen LogP contribution in [0.2, 0.25) is 0 Å². The zero-order valence-corrected chi connectivity index (χ0v) is 15.3. The van der Waals surface area contributed by atoms with Crippen LogP contribution in [-0.2, 0) is 11.3 Å². The van der Waals surface area contributed by atoms with Gasteiger partial charge in [-0.3, -0.25) is 9.32 Å². The molecule has 3 aromatic rings. The van der Waals surface area contributed by atoms with E-state index in [1.54, 1.807) is 26.8 Å². The Morgan fingerprint density at radius 2 is 2.15 bits per heavy atom. The number of hydrogen-bond acceptors (Lipinski definition) is 7. The minimum atomic E-state index is -0.715. The number of ether oxygens (including phenoxy) is 1. The number of aromatic nitrogens is 3. The van der Waals surface area contributed by atoms with Gasteiger partial charge in [-0.25, -0.2) is 14.2 Å². The Morgan fingerprint density at radius 1 is 1.38 bits per heavy atom. The fourth-order valence-corrected chi connectivity index (χ4v) is 3.47. The number of nitrogens with one attached hydrogen (secondary N) is 1. The molecule has 0 aliphatic carbocycles. The van der Waals surface area contributed by atoms with Crippen LogP contribution in [0.25, 0.3) is 10.7 Å². The van der Waals surface area contributed by atoms with Crippen LogP contribution in [0.15, 0.2) is 26.8 Å². The van der Waals surface area contributed by atoms with E-state index in [2.05, 4.69) is 10.1 Å². The molecule has 26 heavy (non-hydrogen) atoms. The topological polar surface area (TPSA) is 107 Å². The van der Waals surface area contributed by atoms with Crippen LogP contribution >= 0.6 is 11.3 Å². The predicted octanol–water partition coefficient (Wildman–Crippen LogP) is 2.57. The second kappa shape index (κ2) is 7.12. The first kappa shape index (κ1) is 17.9. The molecule has 0 unspecified atom stereocenters. The predicted molar refractivity (Wildman–Crippen MR) is 94.6 cm³/mol. The molecule has 9 heteroatoms. The van der Waals surface area contributed by atoms with E-state index in [9.17, 15) is 14.4 Å². The molecular formula is C17H17N3O5S. The summed E-state index contributed by atoms with van der Waals surface area (Å²) in [6.45, 7) is 5.06. The maximum absolute atomic E-state index is 12.7. The fourth-order valence-electron chi connectivity index (χ4n) is 2.75.